The molecule has 0 amide bonds. The SMILES string of the molecule is CCCCCC1=[C]([Co])CC=C1. The predicted molar refractivity (Wildman–Crippen MR) is 44.9 cm³/mol. The number of allylic oxidation sites excluding steroid dienone is 4. The Morgan fingerprint density at radius 1 is 1.45 bits per heavy atom. The van der Waals surface area contributed by atoms with Gasteiger partial charge in [-0.1, -0.05) is 0 Å². The first kappa shape index (κ1) is 9.08. The third-order valence-corrected chi connectivity index (χ3v) is 2.54. The molecule has 0 atom stereocenters. The Kier molecular flexibility index (Phi) is 3.95. The van der Waals surface area contributed by atoms with E-state index in [0.29, 0.717) is 0 Å². The Bertz CT molecular complexity index is 177. The van der Waals surface area contributed by atoms with Crippen LogP contribution in [0.3, 0.4) is 0 Å². The Labute approximate surface area is 77.3 Å². The summed E-state index contributed by atoms with van der Waals surface area (Å²) in [5, 5.41) is 0. The summed E-state index contributed by atoms with van der Waals surface area (Å²) in [6.07, 6.45) is 10.7. The molecule has 0 unspecified atom stereocenters. The average Bonchev–Trinajstić information content (AvgIpc) is 2.37. The van der Waals surface area contributed by atoms with E-state index in [0.717, 1.165) is 6.42 Å². The van der Waals surface area contributed by atoms with Gasteiger partial charge >= 0.3 is 77.0 Å². The monoisotopic (exact) mass is 194 g/mol. The van der Waals surface area contributed by atoms with E-state index >= 15 is 0 Å². The summed E-state index contributed by atoms with van der Waals surface area (Å²) < 4.78 is 1.27. The van der Waals surface area contributed by atoms with Gasteiger partial charge in [-0.05, 0) is 0 Å². The van der Waals surface area contributed by atoms with Crippen molar-refractivity contribution < 1.29 is 15.7 Å². The zero-order valence-electron chi connectivity index (χ0n) is 7.02. The Morgan fingerprint density at radius 2 is 2.27 bits per heavy atom. The first-order chi connectivity index (χ1) is 5.34. The van der Waals surface area contributed by atoms with Gasteiger partial charge in [0.2, 0.25) is 0 Å². The molecule has 0 bridgehead atoms. The van der Waals surface area contributed by atoms with Crippen LogP contribution in [0.2, 0.25) is 0 Å². The van der Waals surface area contributed by atoms with Gasteiger partial charge in [0.15, 0.2) is 0 Å². The van der Waals surface area contributed by atoms with Gasteiger partial charge < -0.3 is 0 Å². The Morgan fingerprint density at radius 3 is 2.82 bits per heavy atom. The molecule has 0 radical (unpaired) electrons. The van der Waals surface area contributed by atoms with E-state index in [2.05, 4.69) is 34.8 Å². The maximum absolute atomic E-state index is 4.46. The van der Waals surface area contributed by atoms with Crippen molar-refractivity contribution in [3.63, 3.8) is 0 Å². The van der Waals surface area contributed by atoms with Crippen molar-refractivity contribution in [2.24, 2.45) is 0 Å². The van der Waals surface area contributed by atoms with Crippen LogP contribution in [0.4, 0.5) is 0 Å². The molecule has 0 nitrogen and oxygen atoms in total. The third-order valence-electron chi connectivity index (χ3n) is 1.99. The number of hydrogen-bond acceptors (Lipinski definition) is 0. The molecule has 0 aromatic rings. The fraction of sp³-hybridized carbons (Fsp3) is 0.600. The summed E-state index contributed by atoms with van der Waals surface area (Å²) in [4.78, 5) is 0. The average molecular weight is 194 g/mol. The molecule has 1 aliphatic carbocycles. The molecule has 0 aliphatic heterocycles. The first-order valence-corrected chi connectivity index (χ1v) is 4.88. The van der Waals surface area contributed by atoms with Gasteiger partial charge in [0, 0.05) is 0 Å². The van der Waals surface area contributed by atoms with Crippen molar-refractivity contribution in [3.8, 4) is 0 Å². The second kappa shape index (κ2) is 4.78. The fourth-order valence-corrected chi connectivity index (χ4v) is 1.64. The van der Waals surface area contributed by atoms with Crippen molar-refractivity contribution in [3.05, 3.63) is 22.2 Å². The van der Waals surface area contributed by atoms with E-state index in [4.69, 9.17) is 0 Å². The van der Waals surface area contributed by atoms with E-state index in [1.165, 1.54) is 35.8 Å². The van der Waals surface area contributed by atoms with Gasteiger partial charge in [-0.25, -0.2) is 0 Å². The van der Waals surface area contributed by atoms with Crippen LogP contribution in [-0.4, -0.2) is 0 Å². The molecule has 0 fully saturated rings. The molecule has 0 aromatic carbocycles. The summed E-state index contributed by atoms with van der Waals surface area (Å²) in [5.41, 5.74) is 1.46. The van der Waals surface area contributed by atoms with Crippen molar-refractivity contribution in [2.45, 2.75) is 39.0 Å². The molecule has 64 valence electrons. The van der Waals surface area contributed by atoms with Crippen LogP contribution in [-0.2, 0) is 15.7 Å². The van der Waals surface area contributed by atoms with E-state index < -0.39 is 0 Å². The predicted octanol–water partition coefficient (Wildman–Crippen LogP) is 3.33. The molecule has 0 spiro atoms. The van der Waals surface area contributed by atoms with Crippen LogP contribution < -0.4 is 0 Å². The van der Waals surface area contributed by atoms with Gasteiger partial charge in [-0.2, -0.15) is 0 Å². The van der Waals surface area contributed by atoms with Crippen LogP contribution in [0.1, 0.15) is 39.0 Å². The quantitative estimate of drug-likeness (QED) is 0.602. The van der Waals surface area contributed by atoms with Crippen LogP contribution in [0.25, 0.3) is 0 Å². The normalized spacial score (nSPS) is 16.6. The van der Waals surface area contributed by atoms with Gasteiger partial charge in [0.05, 0.1) is 0 Å². The second-order valence-electron chi connectivity index (χ2n) is 2.97. The van der Waals surface area contributed by atoms with Gasteiger partial charge in [-0.15, -0.1) is 0 Å². The van der Waals surface area contributed by atoms with E-state index in [9.17, 15) is 0 Å². The van der Waals surface area contributed by atoms with Gasteiger partial charge in [0.25, 0.3) is 0 Å². The van der Waals surface area contributed by atoms with Crippen LogP contribution in [0.15, 0.2) is 22.2 Å². The fourth-order valence-electron chi connectivity index (χ4n) is 1.30. The maximum atomic E-state index is 4.46. The molecule has 0 saturated heterocycles. The molecule has 0 heterocycles. The zero-order chi connectivity index (χ0) is 8.10. The minimum absolute atomic E-state index is 1.06. The van der Waals surface area contributed by atoms with Crippen molar-refractivity contribution in [2.75, 3.05) is 0 Å². The number of rotatable bonds is 4. The summed E-state index contributed by atoms with van der Waals surface area (Å²) >= 11 is 4.46. The molecule has 0 N–H and O–H groups in total. The third kappa shape index (κ3) is 2.84. The standard InChI is InChI=1S/C10H15.Co/c1-2-3-4-7-10-8-5-6-9-10;/h5,8H,2-4,6-7H2,1H3;. The van der Waals surface area contributed by atoms with E-state index in [-0.39, 0.29) is 0 Å². The number of hydrogen-bond donors (Lipinski definition) is 0. The van der Waals surface area contributed by atoms with Gasteiger partial charge in [-0.3, -0.25) is 0 Å². The van der Waals surface area contributed by atoms with Crippen molar-refractivity contribution in [1.29, 1.82) is 0 Å². The molecule has 1 aliphatic rings. The molecule has 11 heavy (non-hydrogen) atoms. The summed E-state index contributed by atoms with van der Waals surface area (Å²) in [6.45, 7) is 2.24. The van der Waals surface area contributed by atoms with Crippen LogP contribution in [0, 0.1) is 0 Å². The molecular weight excluding hydrogens is 179 g/mol. The molecule has 1 rings (SSSR count). The zero-order valence-corrected chi connectivity index (χ0v) is 8.06. The second-order valence-corrected chi connectivity index (χ2v) is 3.60. The van der Waals surface area contributed by atoms with Crippen LogP contribution in [0.5, 0.6) is 0 Å². The van der Waals surface area contributed by atoms with Crippen LogP contribution >= 0.6 is 0 Å². The number of unbranched alkanes of at least 4 members (excludes halogenated alkanes) is 2. The molecule has 1 heteroatoms. The van der Waals surface area contributed by atoms with Crippen molar-refractivity contribution in [1.82, 2.24) is 0 Å². The first-order valence-electron chi connectivity index (χ1n) is 4.36. The minimum atomic E-state index is 1.06. The molecule has 0 aromatic heterocycles. The van der Waals surface area contributed by atoms with Crippen molar-refractivity contribution >= 4 is 0 Å². The van der Waals surface area contributed by atoms with E-state index in [1.807, 2.05) is 0 Å². The Balaban J connectivity index is 2.25. The Hall–Kier alpha value is -0.0135. The summed E-state index contributed by atoms with van der Waals surface area (Å²) in [7, 11) is 0. The summed E-state index contributed by atoms with van der Waals surface area (Å²) in [6, 6.07) is 0. The molecule has 0 saturated carbocycles. The topological polar surface area (TPSA) is 0 Å². The summed E-state index contributed by atoms with van der Waals surface area (Å²) in [5.74, 6) is 0. The van der Waals surface area contributed by atoms with Gasteiger partial charge in [0.1, 0.15) is 0 Å². The molecular formula is C10H15Co. The van der Waals surface area contributed by atoms with E-state index in [1.54, 1.807) is 0 Å².